The Hall–Kier alpha value is -1.15. The molecule has 0 atom stereocenters. The predicted octanol–water partition coefficient (Wildman–Crippen LogP) is 0.119. The average molecular weight is 260 g/mol. The highest BCUT2D eigenvalue weighted by molar-refractivity contribution is 7.92. The largest absolute Gasteiger partial charge is 0.335 e. The van der Waals surface area contributed by atoms with Gasteiger partial charge in [0.15, 0.2) is 5.82 Å². The van der Waals surface area contributed by atoms with Crippen LogP contribution in [0.4, 0.5) is 6.01 Å². The molecular formula is C9H16N4O3S. The van der Waals surface area contributed by atoms with E-state index in [-0.39, 0.29) is 17.7 Å². The zero-order valence-electron chi connectivity index (χ0n) is 9.64. The first kappa shape index (κ1) is 12.3. The summed E-state index contributed by atoms with van der Waals surface area (Å²) in [5, 5.41) is 6.72. The van der Waals surface area contributed by atoms with Crippen molar-refractivity contribution in [3.8, 4) is 0 Å². The Morgan fingerprint density at radius 3 is 2.76 bits per heavy atom. The standard InChI is InChI=1S/C9H16N4O3S/c1-7-11-9(16-12-7)13-17(14,15)6-8-2-4-10-5-3-8/h8,10H,2-6H2,1H3,(H,11,12,13). The average Bonchev–Trinajstić information content (AvgIpc) is 2.63. The zero-order valence-corrected chi connectivity index (χ0v) is 10.5. The molecule has 0 unspecified atom stereocenters. The van der Waals surface area contributed by atoms with Crippen molar-refractivity contribution in [2.24, 2.45) is 5.92 Å². The number of piperidine rings is 1. The number of nitrogens with zero attached hydrogens (tertiary/aromatic N) is 2. The SMILES string of the molecule is Cc1noc(NS(=O)(=O)CC2CCNCC2)n1. The minimum Gasteiger partial charge on any atom is -0.317 e. The third-order valence-electron chi connectivity index (χ3n) is 2.68. The number of sulfonamides is 1. The van der Waals surface area contributed by atoms with Crippen molar-refractivity contribution in [2.75, 3.05) is 23.6 Å². The lowest BCUT2D eigenvalue weighted by Gasteiger charge is -2.21. The second kappa shape index (κ2) is 5.01. The molecule has 0 aromatic carbocycles. The van der Waals surface area contributed by atoms with Crippen LogP contribution in [-0.2, 0) is 10.0 Å². The number of hydrogen-bond acceptors (Lipinski definition) is 6. The predicted molar refractivity (Wildman–Crippen MR) is 62.0 cm³/mol. The summed E-state index contributed by atoms with van der Waals surface area (Å²) in [6, 6.07) is -0.0589. The van der Waals surface area contributed by atoms with Crippen LogP contribution in [0.2, 0.25) is 0 Å². The van der Waals surface area contributed by atoms with Crippen molar-refractivity contribution in [3.05, 3.63) is 5.82 Å². The molecule has 2 rings (SSSR count). The van der Waals surface area contributed by atoms with Crippen molar-refractivity contribution in [3.63, 3.8) is 0 Å². The van der Waals surface area contributed by atoms with Crippen LogP contribution in [0.5, 0.6) is 0 Å². The zero-order chi connectivity index (χ0) is 12.3. The number of rotatable bonds is 4. The van der Waals surface area contributed by atoms with Crippen molar-refractivity contribution in [1.82, 2.24) is 15.5 Å². The fourth-order valence-electron chi connectivity index (χ4n) is 1.87. The fourth-order valence-corrected chi connectivity index (χ4v) is 3.26. The maximum Gasteiger partial charge on any atom is 0.335 e. The van der Waals surface area contributed by atoms with Gasteiger partial charge < -0.3 is 9.84 Å². The Morgan fingerprint density at radius 1 is 1.47 bits per heavy atom. The van der Waals surface area contributed by atoms with Crippen molar-refractivity contribution < 1.29 is 12.9 Å². The first-order valence-electron chi connectivity index (χ1n) is 5.57. The molecule has 1 aromatic heterocycles. The second-order valence-electron chi connectivity index (χ2n) is 4.22. The molecule has 1 aliphatic heterocycles. The van der Waals surface area contributed by atoms with Gasteiger partial charge in [-0.15, -0.1) is 0 Å². The highest BCUT2D eigenvalue weighted by Crippen LogP contribution is 2.15. The van der Waals surface area contributed by atoms with Crippen LogP contribution >= 0.6 is 0 Å². The van der Waals surface area contributed by atoms with Gasteiger partial charge in [-0.25, -0.2) is 13.1 Å². The van der Waals surface area contributed by atoms with Crippen LogP contribution in [0.1, 0.15) is 18.7 Å². The van der Waals surface area contributed by atoms with E-state index in [4.69, 9.17) is 4.52 Å². The quantitative estimate of drug-likeness (QED) is 0.798. The summed E-state index contributed by atoms with van der Waals surface area (Å²) in [5.41, 5.74) is 0. The van der Waals surface area contributed by atoms with Crippen LogP contribution in [0, 0.1) is 12.8 Å². The number of anilines is 1. The summed E-state index contributed by atoms with van der Waals surface area (Å²) in [5.74, 6) is 0.707. The summed E-state index contributed by atoms with van der Waals surface area (Å²) in [6.45, 7) is 3.38. The molecule has 0 amide bonds. The molecule has 0 radical (unpaired) electrons. The summed E-state index contributed by atoms with van der Waals surface area (Å²) in [6.07, 6.45) is 1.76. The molecule has 96 valence electrons. The van der Waals surface area contributed by atoms with Gasteiger partial charge in [-0.1, -0.05) is 5.16 Å². The minimum atomic E-state index is -3.39. The van der Waals surface area contributed by atoms with Crippen LogP contribution in [0.25, 0.3) is 0 Å². The number of hydrogen-bond donors (Lipinski definition) is 2. The Balaban J connectivity index is 1.94. The summed E-state index contributed by atoms with van der Waals surface area (Å²) in [7, 11) is -3.39. The molecule has 8 heteroatoms. The van der Waals surface area contributed by atoms with Gasteiger partial charge in [0.1, 0.15) is 0 Å². The van der Waals surface area contributed by atoms with Gasteiger partial charge in [0, 0.05) is 0 Å². The van der Waals surface area contributed by atoms with Crippen molar-refractivity contribution in [2.45, 2.75) is 19.8 Å². The third-order valence-corrected chi connectivity index (χ3v) is 4.08. The lowest BCUT2D eigenvalue weighted by molar-refractivity contribution is 0.401. The topological polar surface area (TPSA) is 97.1 Å². The molecule has 0 spiro atoms. The van der Waals surface area contributed by atoms with E-state index >= 15 is 0 Å². The first-order chi connectivity index (χ1) is 8.05. The third kappa shape index (κ3) is 3.67. The van der Waals surface area contributed by atoms with Crippen LogP contribution in [-0.4, -0.2) is 37.4 Å². The molecule has 0 bridgehead atoms. The maximum absolute atomic E-state index is 11.8. The van der Waals surface area contributed by atoms with E-state index < -0.39 is 10.0 Å². The van der Waals surface area contributed by atoms with Crippen LogP contribution in [0.3, 0.4) is 0 Å². The molecular weight excluding hydrogens is 244 g/mol. The van der Waals surface area contributed by atoms with Crippen LogP contribution < -0.4 is 10.0 Å². The highest BCUT2D eigenvalue weighted by Gasteiger charge is 2.22. The number of aromatic nitrogens is 2. The van der Waals surface area contributed by atoms with E-state index in [1.807, 2.05) is 0 Å². The van der Waals surface area contributed by atoms with Gasteiger partial charge in [-0.3, -0.25) is 0 Å². The minimum absolute atomic E-state index is 0.0589. The fraction of sp³-hybridized carbons (Fsp3) is 0.778. The van der Waals surface area contributed by atoms with E-state index in [0.717, 1.165) is 25.9 Å². The second-order valence-corrected chi connectivity index (χ2v) is 5.99. The molecule has 2 heterocycles. The molecule has 17 heavy (non-hydrogen) atoms. The Labute approximate surface area is 100 Å². The highest BCUT2D eigenvalue weighted by atomic mass is 32.2. The maximum atomic E-state index is 11.8. The lowest BCUT2D eigenvalue weighted by atomic mass is 10.0. The Kier molecular flexibility index (Phi) is 3.63. The molecule has 0 aliphatic carbocycles. The van der Waals surface area contributed by atoms with Gasteiger partial charge >= 0.3 is 6.01 Å². The van der Waals surface area contributed by atoms with Gasteiger partial charge in [-0.05, 0) is 38.8 Å². The van der Waals surface area contributed by atoms with Gasteiger partial charge in [0.05, 0.1) is 5.75 Å². The molecule has 7 nitrogen and oxygen atoms in total. The summed E-state index contributed by atoms with van der Waals surface area (Å²) >= 11 is 0. The molecule has 0 saturated carbocycles. The summed E-state index contributed by atoms with van der Waals surface area (Å²) < 4.78 is 30.7. The Morgan fingerprint density at radius 2 is 2.18 bits per heavy atom. The van der Waals surface area contributed by atoms with Gasteiger partial charge in [-0.2, -0.15) is 4.98 Å². The van der Waals surface area contributed by atoms with Crippen LogP contribution in [0.15, 0.2) is 4.52 Å². The number of aryl methyl sites for hydroxylation is 1. The summed E-state index contributed by atoms with van der Waals surface area (Å²) in [4.78, 5) is 3.81. The molecule has 1 aromatic rings. The smallest absolute Gasteiger partial charge is 0.317 e. The molecule has 2 N–H and O–H groups in total. The van der Waals surface area contributed by atoms with Crippen molar-refractivity contribution >= 4 is 16.0 Å². The number of nitrogens with one attached hydrogen (secondary N) is 2. The van der Waals surface area contributed by atoms with Gasteiger partial charge in [0.25, 0.3) is 0 Å². The van der Waals surface area contributed by atoms with Crippen molar-refractivity contribution in [1.29, 1.82) is 0 Å². The molecule has 1 aliphatic rings. The van der Waals surface area contributed by atoms with E-state index in [2.05, 4.69) is 20.2 Å². The lowest BCUT2D eigenvalue weighted by Crippen LogP contribution is -2.33. The van der Waals surface area contributed by atoms with E-state index in [0.29, 0.717) is 5.82 Å². The molecule has 1 fully saturated rings. The first-order valence-corrected chi connectivity index (χ1v) is 7.22. The molecule has 1 saturated heterocycles. The van der Waals surface area contributed by atoms with E-state index in [1.165, 1.54) is 0 Å². The Bertz CT molecular complexity index is 464. The van der Waals surface area contributed by atoms with E-state index in [9.17, 15) is 8.42 Å². The monoisotopic (exact) mass is 260 g/mol. The van der Waals surface area contributed by atoms with E-state index in [1.54, 1.807) is 6.92 Å². The normalized spacial score (nSPS) is 18.2. The van der Waals surface area contributed by atoms with Gasteiger partial charge in [0.2, 0.25) is 10.0 Å².